The van der Waals surface area contributed by atoms with Crippen LogP contribution in [-0.2, 0) is 9.47 Å². The molecule has 1 aliphatic rings. The molecule has 1 atom stereocenters. The summed E-state index contributed by atoms with van der Waals surface area (Å²) in [4.78, 5) is 13.9. The van der Waals surface area contributed by atoms with Crippen LogP contribution in [0.5, 0.6) is 0 Å². The fraction of sp³-hybridized carbons (Fsp3) is 0.923. The van der Waals surface area contributed by atoms with Crippen LogP contribution in [0.25, 0.3) is 0 Å². The summed E-state index contributed by atoms with van der Waals surface area (Å²) >= 11 is 0. The van der Waals surface area contributed by atoms with E-state index in [1.807, 2.05) is 34.6 Å². The lowest BCUT2D eigenvalue weighted by atomic mass is 10.0. The summed E-state index contributed by atoms with van der Waals surface area (Å²) < 4.78 is 11.2. The van der Waals surface area contributed by atoms with E-state index >= 15 is 0 Å². The molecule has 2 N–H and O–H groups in total. The van der Waals surface area contributed by atoms with E-state index in [9.17, 15) is 4.79 Å². The van der Waals surface area contributed by atoms with E-state index in [1.165, 1.54) is 0 Å². The summed E-state index contributed by atoms with van der Waals surface area (Å²) in [7, 11) is 0. The van der Waals surface area contributed by atoms with Gasteiger partial charge in [0.15, 0.2) is 0 Å². The molecule has 0 aromatic rings. The van der Waals surface area contributed by atoms with Gasteiger partial charge in [-0.25, -0.2) is 4.79 Å². The zero-order valence-corrected chi connectivity index (χ0v) is 12.2. The smallest absolute Gasteiger partial charge is 0.410 e. The number of hydrogen-bond acceptors (Lipinski definition) is 4. The quantitative estimate of drug-likeness (QED) is 0.819. The van der Waals surface area contributed by atoms with Gasteiger partial charge in [-0.15, -0.1) is 0 Å². The van der Waals surface area contributed by atoms with Gasteiger partial charge in [-0.3, -0.25) is 4.90 Å². The molecule has 5 heteroatoms. The second-order valence-corrected chi connectivity index (χ2v) is 6.41. The van der Waals surface area contributed by atoms with E-state index in [0.717, 1.165) is 6.42 Å². The lowest BCUT2D eigenvalue weighted by Gasteiger charge is -2.45. The second-order valence-electron chi connectivity index (χ2n) is 6.41. The molecule has 18 heavy (non-hydrogen) atoms. The van der Waals surface area contributed by atoms with Crippen molar-refractivity contribution in [1.82, 2.24) is 4.90 Å². The van der Waals surface area contributed by atoms with Crippen molar-refractivity contribution in [2.24, 2.45) is 5.73 Å². The van der Waals surface area contributed by atoms with Gasteiger partial charge in [-0.2, -0.15) is 0 Å². The third-order valence-electron chi connectivity index (χ3n) is 2.89. The van der Waals surface area contributed by atoms with Gasteiger partial charge in [-0.1, -0.05) is 0 Å². The first-order valence-corrected chi connectivity index (χ1v) is 6.48. The highest BCUT2D eigenvalue weighted by Crippen LogP contribution is 2.25. The molecule has 0 aromatic carbocycles. The molecule has 1 fully saturated rings. The lowest BCUT2D eigenvalue weighted by Crippen LogP contribution is -2.59. The van der Waals surface area contributed by atoms with Gasteiger partial charge >= 0.3 is 6.09 Å². The molecule has 0 aromatic heterocycles. The summed E-state index contributed by atoms with van der Waals surface area (Å²) in [6.45, 7) is 11.2. The maximum atomic E-state index is 12.2. The number of amides is 1. The van der Waals surface area contributed by atoms with Crippen LogP contribution in [0, 0.1) is 0 Å². The van der Waals surface area contributed by atoms with E-state index in [-0.39, 0.29) is 17.7 Å². The molecule has 0 bridgehead atoms. The molecule has 1 heterocycles. The zero-order valence-electron chi connectivity index (χ0n) is 12.2. The van der Waals surface area contributed by atoms with Crippen LogP contribution >= 0.6 is 0 Å². The Balaban J connectivity index is 2.72. The van der Waals surface area contributed by atoms with Crippen molar-refractivity contribution in [1.29, 1.82) is 0 Å². The third-order valence-corrected chi connectivity index (χ3v) is 2.89. The van der Waals surface area contributed by atoms with Crippen molar-refractivity contribution in [3.8, 4) is 0 Å². The summed E-state index contributed by atoms with van der Waals surface area (Å²) in [6, 6.07) is 0. The molecule has 1 amide bonds. The SMILES string of the molecule is CC(C)(C)OC(=O)N1CC(CCN)OCC1(C)C. The number of hydrogen-bond donors (Lipinski definition) is 1. The van der Waals surface area contributed by atoms with Gasteiger partial charge in [0.05, 0.1) is 24.8 Å². The normalized spacial score (nSPS) is 23.9. The molecule has 0 aliphatic carbocycles. The maximum absolute atomic E-state index is 12.2. The Morgan fingerprint density at radius 2 is 2.11 bits per heavy atom. The Morgan fingerprint density at radius 1 is 1.50 bits per heavy atom. The maximum Gasteiger partial charge on any atom is 0.410 e. The standard InChI is InChI=1S/C13H26N2O3/c1-12(2,3)18-11(16)15-8-10(6-7-14)17-9-13(15,4)5/h10H,6-9,14H2,1-5H3. The Bertz CT molecular complexity index is 297. The van der Waals surface area contributed by atoms with E-state index < -0.39 is 5.60 Å². The topological polar surface area (TPSA) is 64.8 Å². The minimum absolute atomic E-state index is 0.00976. The number of carbonyl (C=O) groups excluding carboxylic acids is 1. The van der Waals surface area contributed by atoms with Gasteiger partial charge in [0.25, 0.3) is 0 Å². The molecule has 1 aliphatic heterocycles. The minimum atomic E-state index is -0.477. The highest BCUT2D eigenvalue weighted by Gasteiger charge is 2.39. The summed E-state index contributed by atoms with van der Waals surface area (Å²) in [5, 5.41) is 0. The van der Waals surface area contributed by atoms with Crippen molar-refractivity contribution in [3.63, 3.8) is 0 Å². The van der Waals surface area contributed by atoms with E-state index in [2.05, 4.69) is 0 Å². The van der Waals surface area contributed by atoms with Gasteiger partial charge in [0.1, 0.15) is 5.60 Å². The molecular formula is C13H26N2O3. The van der Waals surface area contributed by atoms with Crippen molar-refractivity contribution in [2.75, 3.05) is 19.7 Å². The minimum Gasteiger partial charge on any atom is -0.444 e. The van der Waals surface area contributed by atoms with E-state index in [4.69, 9.17) is 15.2 Å². The fourth-order valence-corrected chi connectivity index (χ4v) is 1.90. The van der Waals surface area contributed by atoms with Crippen LogP contribution in [0.2, 0.25) is 0 Å². The molecule has 106 valence electrons. The van der Waals surface area contributed by atoms with E-state index in [1.54, 1.807) is 4.90 Å². The Hall–Kier alpha value is -0.810. The number of rotatable bonds is 2. The van der Waals surface area contributed by atoms with Gasteiger partial charge < -0.3 is 15.2 Å². The average Bonchev–Trinajstić information content (AvgIpc) is 2.18. The van der Waals surface area contributed by atoms with E-state index in [0.29, 0.717) is 19.7 Å². The number of nitrogens with zero attached hydrogens (tertiary/aromatic N) is 1. The molecule has 1 saturated heterocycles. The van der Waals surface area contributed by atoms with Gasteiger partial charge in [-0.05, 0) is 47.6 Å². The molecule has 0 saturated carbocycles. The fourth-order valence-electron chi connectivity index (χ4n) is 1.90. The first-order valence-electron chi connectivity index (χ1n) is 6.48. The third kappa shape index (κ3) is 4.14. The number of morpholine rings is 1. The van der Waals surface area contributed by atoms with Crippen LogP contribution in [0.4, 0.5) is 4.79 Å². The van der Waals surface area contributed by atoms with Crippen LogP contribution < -0.4 is 5.73 Å². The summed E-state index contributed by atoms with van der Waals surface area (Å²) in [5.74, 6) is 0. The lowest BCUT2D eigenvalue weighted by molar-refractivity contribution is -0.0997. The number of nitrogens with two attached hydrogens (primary N) is 1. The average molecular weight is 258 g/mol. The first kappa shape index (κ1) is 15.2. The molecule has 0 spiro atoms. The number of carbonyl (C=O) groups is 1. The zero-order chi connectivity index (χ0) is 14.0. The largest absolute Gasteiger partial charge is 0.444 e. The van der Waals surface area contributed by atoms with Gasteiger partial charge in [0, 0.05) is 0 Å². The summed E-state index contributed by atoms with van der Waals surface area (Å²) in [6.07, 6.45) is 0.489. The molecule has 1 rings (SSSR count). The first-order chi connectivity index (χ1) is 8.15. The Morgan fingerprint density at radius 3 is 2.61 bits per heavy atom. The highest BCUT2D eigenvalue weighted by molar-refractivity contribution is 5.69. The predicted molar refractivity (Wildman–Crippen MR) is 70.4 cm³/mol. The van der Waals surface area contributed by atoms with Crippen molar-refractivity contribution in [2.45, 2.75) is 58.3 Å². The van der Waals surface area contributed by atoms with Crippen LogP contribution in [0.15, 0.2) is 0 Å². The van der Waals surface area contributed by atoms with Crippen molar-refractivity contribution in [3.05, 3.63) is 0 Å². The summed E-state index contributed by atoms with van der Waals surface area (Å²) in [5.41, 5.74) is 4.72. The van der Waals surface area contributed by atoms with Crippen molar-refractivity contribution >= 4 is 6.09 Å². The van der Waals surface area contributed by atoms with Crippen LogP contribution in [0.3, 0.4) is 0 Å². The van der Waals surface area contributed by atoms with Crippen LogP contribution in [0.1, 0.15) is 41.0 Å². The Labute approximate surface area is 110 Å². The molecule has 0 radical (unpaired) electrons. The molecule has 5 nitrogen and oxygen atoms in total. The second kappa shape index (κ2) is 5.45. The molecular weight excluding hydrogens is 232 g/mol. The number of ether oxygens (including phenoxy) is 2. The Kier molecular flexibility index (Phi) is 4.61. The monoisotopic (exact) mass is 258 g/mol. The molecule has 1 unspecified atom stereocenters. The van der Waals surface area contributed by atoms with Gasteiger partial charge in [0.2, 0.25) is 0 Å². The van der Waals surface area contributed by atoms with Crippen LogP contribution in [-0.4, -0.2) is 47.9 Å². The predicted octanol–water partition coefficient (Wildman–Crippen LogP) is 1.75. The highest BCUT2D eigenvalue weighted by atomic mass is 16.6. The van der Waals surface area contributed by atoms with Crippen molar-refractivity contribution < 1.29 is 14.3 Å².